The third-order valence-electron chi connectivity index (χ3n) is 4.71. The summed E-state index contributed by atoms with van der Waals surface area (Å²) in [5.41, 5.74) is 4.01. The van der Waals surface area contributed by atoms with Gasteiger partial charge in [0, 0.05) is 29.8 Å². The minimum Gasteiger partial charge on any atom is -0.493 e. The lowest BCUT2D eigenvalue weighted by Gasteiger charge is -2.11. The van der Waals surface area contributed by atoms with E-state index in [1.165, 1.54) is 5.56 Å². The van der Waals surface area contributed by atoms with Gasteiger partial charge in [-0.2, -0.15) is 0 Å². The van der Waals surface area contributed by atoms with Crippen molar-refractivity contribution in [3.05, 3.63) is 89.5 Å². The van der Waals surface area contributed by atoms with Gasteiger partial charge in [-0.3, -0.25) is 9.59 Å². The van der Waals surface area contributed by atoms with Crippen LogP contribution in [0.25, 0.3) is 0 Å². The summed E-state index contributed by atoms with van der Waals surface area (Å²) in [5, 5.41) is 5.72. The number of carbonyl (C=O) groups is 2. The van der Waals surface area contributed by atoms with E-state index in [4.69, 9.17) is 4.74 Å². The van der Waals surface area contributed by atoms with E-state index in [0.29, 0.717) is 30.0 Å². The second-order valence-electron chi connectivity index (χ2n) is 6.99. The number of hydrogen-bond donors (Lipinski definition) is 2. The first-order chi connectivity index (χ1) is 14.5. The Morgan fingerprint density at radius 3 is 2.33 bits per heavy atom. The van der Waals surface area contributed by atoms with E-state index in [2.05, 4.69) is 22.8 Å². The van der Waals surface area contributed by atoms with E-state index in [-0.39, 0.29) is 11.8 Å². The molecule has 5 heteroatoms. The highest BCUT2D eigenvalue weighted by Crippen LogP contribution is 2.21. The summed E-state index contributed by atoms with van der Waals surface area (Å²) in [5.74, 6) is 0.439. The molecule has 0 saturated heterocycles. The number of nitrogens with one attached hydrogen (secondary N) is 2. The summed E-state index contributed by atoms with van der Waals surface area (Å²) in [6.45, 7) is 4.28. The molecule has 3 aromatic carbocycles. The summed E-state index contributed by atoms with van der Waals surface area (Å²) < 4.78 is 5.77. The molecule has 0 spiro atoms. The van der Waals surface area contributed by atoms with Crippen LogP contribution in [0.4, 0.5) is 11.4 Å². The predicted molar refractivity (Wildman–Crippen MR) is 120 cm³/mol. The van der Waals surface area contributed by atoms with E-state index < -0.39 is 0 Å². The molecule has 0 aliphatic rings. The standard InChI is InChI=1S/C25H26N2O3/c1-3-24(28)27-23-17-21(12-9-18(23)2)26-25(29)20-10-13-22(14-11-20)30-16-15-19-7-5-4-6-8-19/h4-14,17H,3,15-16H2,1-2H3,(H,26,29)(H,27,28). The van der Waals surface area contributed by atoms with Gasteiger partial charge in [0.25, 0.3) is 5.91 Å². The highest BCUT2D eigenvalue weighted by atomic mass is 16.5. The molecule has 0 aromatic heterocycles. The molecule has 0 radical (unpaired) electrons. The fraction of sp³-hybridized carbons (Fsp3) is 0.200. The summed E-state index contributed by atoms with van der Waals surface area (Å²) in [4.78, 5) is 24.2. The van der Waals surface area contributed by atoms with Gasteiger partial charge in [0.2, 0.25) is 5.91 Å². The number of hydrogen-bond acceptors (Lipinski definition) is 3. The number of anilines is 2. The summed E-state index contributed by atoms with van der Waals surface area (Å²) >= 11 is 0. The Labute approximate surface area is 177 Å². The number of carbonyl (C=O) groups excluding carboxylic acids is 2. The fourth-order valence-electron chi connectivity index (χ4n) is 2.91. The molecule has 3 aromatic rings. The van der Waals surface area contributed by atoms with E-state index in [0.717, 1.165) is 17.7 Å². The number of ether oxygens (including phenoxy) is 1. The summed E-state index contributed by atoms with van der Waals surface area (Å²) in [6.07, 6.45) is 1.23. The highest BCUT2D eigenvalue weighted by Gasteiger charge is 2.09. The average Bonchev–Trinajstić information content (AvgIpc) is 2.77. The van der Waals surface area contributed by atoms with Crippen LogP contribution in [-0.4, -0.2) is 18.4 Å². The van der Waals surface area contributed by atoms with Crippen molar-refractivity contribution in [2.45, 2.75) is 26.7 Å². The van der Waals surface area contributed by atoms with Crippen LogP contribution in [0.15, 0.2) is 72.8 Å². The monoisotopic (exact) mass is 402 g/mol. The van der Waals surface area contributed by atoms with Gasteiger partial charge >= 0.3 is 0 Å². The lowest BCUT2D eigenvalue weighted by molar-refractivity contribution is -0.115. The molecular weight excluding hydrogens is 376 g/mol. The molecular formula is C25H26N2O3. The molecule has 154 valence electrons. The van der Waals surface area contributed by atoms with Gasteiger partial charge < -0.3 is 15.4 Å². The van der Waals surface area contributed by atoms with Crippen molar-refractivity contribution in [1.29, 1.82) is 0 Å². The van der Waals surface area contributed by atoms with Gasteiger partial charge in [-0.1, -0.05) is 43.3 Å². The Morgan fingerprint density at radius 1 is 0.900 bits per heavy atom. The maximum Gasteiger partial charge on any atom is 0.255 e. The van der Waals surface area contributed by atoms with Crippen molar-refractivity contribution in [2.24, 2.45) is 0 Å². The number of benzene rings is 3. The second-order valence-corrected chi connectivity index (χ2v) is 6.99. The smallest absolute Gasteiger partial charge is 0.255 e. The number of amides is 2. The molecule has 0 unspecified atom stereocenters. The topological polar surface area (TPSA) is 67.4 Å². The molecule has 0 saturated carbocycles. The lowest BCUT2D eigenvalue weighted by atomic mass is 10.1. The van der Waals surface area contributed by atoms with Gasteiger partial charge in [-0.25, -0.2) is 0 Å². The largest absolute Gasteiger partial charge is 0.493 e. The van der Waals surface area contributed by atoms with E-state index in [9.17, 15) is 9.59 Å². The van der Waals surface area contributed by atoms with Crippen molar-refractivity contribution in [1.82, 2.24) is 0 Å². The Bertz CT molecular complexity index is 999. The molecule has 0 aliphatic carbocycles. The Hall–Kier alpha value is -3.60. The number of rotatable bonds is 8. The van der Waals surface area contributed by atoms with Crippen LogP contribution in [0, 0.1) is 6.92 Å². The first kappa shape index (κ1) is 21.1. The van der Waals surface area contributed by atoms with Gasteiger partial charge in [-0.15, -0.1) is 0 Å². The molecule has 0 aliphatic heterocycles. The second kappa shape index (κ2) is 10.3. The molecule has 2 N–H and O–H groups in total. The zero-order chi connectivity index (χ0) is 21.3. The van der Waals surface area contributed by atoms with Crippen LogP contribution in [0.2, 0.25) is 0 Å². The average molecular weight is 402 g/mol. The Kier molecular flexibility index (Phi) is 7.22. The van der Waals surface area contributed by atoms with Gasteiger partial charge in [-0.05, 0) is 54.4 Å². The quantitative estimate of drug-likeness (QED) is 0.543. The third-order valence-corrected chi connectivity index (χ3v) is 4.71. The molecule has 0 fully saturated rings. The zero-order valence-electron chi connectivity index (χ0n) is 17.3. The summed E-state index contributed by atoms with van der Waals surface area (Å²) in [6, 6.07) is 22.7. The van der Waals surface area contributed by atoms with Crippen molar-refractivity contribution in [3.63, 3.8) is 0 Å². The number of aryl methyl sites for hydroxylation is 1. The van der Waals surface area contributed by atoms with E-state index in [1.54, 1.807) is 37.3 Å². The Balaban J connectivity index is 1.56. The van der Waals surface area contributed by atoms with E-state index in [1.807, 2.05) is 37.3 Å². The molecule has 30 heavy (non-hydrogen) atoms. The van der Waals surface area contributed by atoms with Crippen molar-refractivity contribution in [3.8, 4) is 5.75 Å². The lowest BCUT2D eigenvalue weighted by Crippen LogP contribution is -2.14. The van der Waals surface area contributed by atoms with Gasteiger partial charge in [0.05, 0.1) is 6.61 Å². The van der Waals surface area contributed by atoms with Crippen molar-refractivity contribution in [2.75, 3.05) is 17.2 Å². The van der Waals surface area contributed by atoms with E-state index >= 15 is 0 Å². The molecule has 0 atom stereocenters. The minimum atomic E-state index is -0.220. The first-order valence-corrected chi connectivity index (χ1v) is 10.0. The third kappa shape index (κ3) is 5.95. The zero-order valence-corrected chi connectivity index (χ0v) is 17.3. The minimum absolute atomic E-state index is 0.0653. The van der Waals surface area contributed by atoms with Crippen LogP contribution >= 0.6 is 0 Å². The summed E-state index contributed by atoms with van der Waals surface area (Å²) in [7, 11) is 0. The van der Waals surface area contributed by atoms with Crippen molar-refractivity contribution < 1.29 is 14.3 Å². The van der Waals surface area contributed by atoms with Crippen LogP contribution in [0.3, 0.4) is 0 Å². The van der Waals surface area contributed by atoms with Crippen LogP contribution in [0.1, 0.15) is 34.8 Å². The predicted octanol–water partition coefficient (Wildman–Crippen LogP) is 5.22. The van der Waals surface area contributed by atoms with Crippen molar-refractivity contribution >= 4 is 23.2 Å². The van der Waals surface area contributed by atoms with Gasteiger partial charge in [0.15, 0.2) is 0 Å². The maximum absolute atomic E-state index is 12.6. The van der Waals surface area contributed by atoms with Gasteiger partial charge in [0.1, 0.15) is 5.75 Å². The highest BCUT2D eigenvalue weighted by molar-refractivity contribution is 6.04. The normalized spacial score (nSPS) is 10.3. The van der Waals surface area contributed by atoms with Crippen LogP contribution < -0.4 is 15.4 Å². The molecule has 2 amide bonds. The molecule has 5 nitrogen and oxygen atoms in total. The molecule has 0 bridgehead atoms. The molecule has 0 heterocycles. The Morgan fingerprint density at radius 2 is 1.63 bits per heavy atom. The fourth-order valence-corrected chi connectivity index (χ4v) is 2.91. The maximum atomic E-state index is 12.6. The SMILES string of the molecule is CCC(=O)Nc1cc(NC(=O)c2ccc(OCCc3ccccc3)cc2)ccc1C. The van der Waals surface area contributed by atoms with Crippen LogP contribution in [-0.2, 0) is 11.2 Å². The first-order valence-electron chi connectivity index (χ1n) is 10.0. The molecule has 3 rings (SSSR count). The van der Waals surface area contributed by atoms with Crippen LogP contribution in [0.5, 0.6) is 5.75 Å².